The number of ether oxygens (including phenoxy) is 1. The molecule has 3 heterocycles. The molecule has 1 N–H and O–H groups in total. The van der Waals surface area contributed by atoms with Gasteiger partial charge in [-0.2, -0.15) is 0 Å². The fourth-order valence-electron chi connectivity index (χ4n) is 2.89. The number of hydrogen-bond donors (Lipinski definition) is 1. The molecule has 0 bridgehead atoms. The molecule has 20 heavy (non-hydrogen) atoms. The van der Waals surface area contributed by atoms with Crippen LogP contribution < -0.4 is 9.62 Å². The minimum Gasteiger partial charge on any atom is -0.376 e. The Morgan fingerprint density at radius 1 is 1.40 bits per heavy atom. The molecule has 1 aromatic heterocycles. The Morgan fingerprint density at radius 2 is 2.15 bits per heavy atom. The summed E-state index contributed by atoms with van der Waals surface area (Å²) in [7, 11) is -3.15. The lowest BCUT2D eigenvalue weighted by Crippen LogP contribution is -2.33. The van der Waals surface area contributed by atoms with Crippen LogP contribution >= 0.6 is 0 Å². The van der Waals surface area contributed by atoms with Crippen molar-refractivity contribution in [3.8, 4) is 0 Å². The normalized spacial score (nSPS) is 29.6. The van der Waals surface area contributed by atoms with Crippen molar-refractivity contribution in [2.24, 2.45) is 11.8 Å². The summed E-state index contributed by atoms with van der Waals surface area (Å²) in [6.45, 7) is 2.62. The van der Waals surface area contributed by atoms with Gasteiger partial charge in [0.1, 0.15) is 0 Å². The lowest BCUT2D eigenvalue weighted by molar-refractivity contribution is 0.111. The van der Waals surface area contributed by atoms with Crippen molar-refractivity contribution in [3.05, 3.63) is 18.5 Å². The molecule has 7 nitrogen and oxygen atoms in total. The van der Waals surface area contributed by atoms with Crippen molar-refractivity contribution in [1.29, 1.82) is 0 Å². The molecule has 3 atom stereocenters. The van der Waals surface area contributed by atoms with E-state index in [0.29, 0.717) is 25.0 Å². The van der Waals surface area contributed by atoms with E-state index < -0.39 is 10.0 Å². The molecule has 2 saturated heterocycles. The van der Waals surface area contributed by atoms with Gasteiger partial charge in [0, 0.05) is 43.9 Å². The number of hydrogen-bond acceptors (Lipinski definition) is 6. The Bertz CT molecular complexity index is 565. The highest BCUT2D eigenvalue weighted by molar-refractivity contribution is 7.88. The molecule has 0 unspecified atom stereocenters. The van der Waals surface area contributed by atoms with Gasteiger partial charge in [0.25, 0.3) is 0 Å². The summed E-state index contributed by atoms with van der Waals surface area (Å²) >= 11 is 0. The van der Waals surface area contributed by atoms with Gasteiger partial charge in [-0.15, -0.1) is 0 Å². The summed E-state index contributed by atoms with van der Waals surface area (Å²) in [6, 6.07) is 1.79. The van der Waals surface area contributed by atoms with Crippen molar-refractivity contribution in [3.63, 3.8) is 0 Å². The second-order valence-corrected chi connectivity index (χ2v) is 7.20. The van der Waals surface area contributed by atoms with Crippen LogP contribution in [-0.2, 0) is 14.8 Å². The first kappa shape index (κ1) is 13.7. The van der Waals surface area contributed by atoms with Crippen LogP contribution in [0, 0.1) is 11.8 Å². The van der Waals surface area contributed by atoms with E-state index in [-0.39, 0.29) is 12.0 Å². The molecule has 1 aromatic rings. The molecule has 2 aliphatic rings. The molecule has 0 saturated carbocycles. The maximum Gasteiger partial charge on any atom is 0.225 e. The van der Waals surface area contributed by atoms with Gasteiger partial charge in [-0.25, -0.2) is 23.1 Å². The van der Waals surface area contributed by atoms with Gasteiger partial charge in [0.15, 0.2) is 0 Å². The summed E-state index contributed by atoms with van der Waals surface area (Å²) < 4.78 is 30.7. The van der Waals surface area contributed by atoms with Crippen LogP contribution in [0.15, 0.2) is 18.5 Å². The maximum atomic E-state index is 11.2. The number of fused-ring (bicyclic) bond motifs is 1. The Morgan fingerprint density at radius 3 is 2.85 bits per heavy atom. The zero-order valence-electron chi connectivity index (χ0n) is 11.3. The molecule has 110 valence electrons. The molecule has 0 spiro atoms. The van der Waals surface area contributed by atoms with Gasteiger partial charge >= 0.3 is 0 Å². The van der Waals surface area contributed by atoms with Crippen molar-refractivity contribution < 1.29 is 13.2 Å². The average Bonchev–Trinajstić information content (AvgIpc) is 2.96. The molecule has 0 aromatic carbocycles. The molecule has 0 aliphatic carbocycles. The number of sulfonamides is 1. The smallest absolute Gasteiger partial charge is 0.225 e. The lowest BCUT2D eigenvalue weighted by atomic mass is 9.93. The highest BCUT2D eigenvalue weighted by Gasteiger charge is 2.44. The Labute approximate surface area is 118 Å². The molecule has 2 fully saturated rings. The quantitative estimate of drug-likeness (QED) is 0.805. The van der Waals surface area contributed by atoms with Crippen molar-refractivity contribution in [1.82, 2.24) is 14.7 Å². The molecule has 8 heteroatoms. The average molecular weight is 298 g/mol. The van der Waals surface area contributed by atoms with E-state index >= 15 is 0 Å². The van der Waals surface area contributed by atoms with Gasteiger partial charge in [-0.3, -0.25) is 0 Å². The van der Waals surface area contributed by atoms with Crippen LogP contribution in [0.4, 0.5) is 5.95 Å². The lowest BCUT2D eigenvalue weighted by Gasteiger charge is -2.19. The standard InChI is InChI=1S/C12H18N4O3S/c1-20(17,18)15-5-9-8-19-11-7-16(6-10(9)11)12-13-3-2-4-14-12/h2-4,9-11,15H,5-8H2,1H3/t9-,10+,11+/m1/s1. The zero-order valence-corrected chi connectivity index (χ0v) is 12.1. The Kier molecular flexibility index (Phi) is 3.61. The van der Waals surface area contributed by atoms with Crippen LogP contribution in [0.3, 0.4) is 0 Å². The highest BCUT2D eigenvalue weighted by Crippen LogP contribution is 2.34. The number of anilines is 1. The monoisotopic (exact) mass is 298 g/mol. The third-order valence-corrected chi connectivity index (χ3v) is 4.57. The number of nitrogens with zero attached hydrogens (tertiary/aromatic N) is 3. The fraction of sp³-hybridized carbons (Fsp3) is 0.667. The number of nitrogens with one attached hydrogen (secondary N) is 1. The van der Waals surface area contributed by atoms with Gasteiger partial charge in [-0.1, -0.05) is 0 Å². The van der Waals surface area contributed by atoms with E-state index in [0.717, 1.165) is 13.1 Å². The topological polar surface area (TPSA) is 84.4 Å². The van der Waals surface area contributed by atoms with E-state index in [1.54, 1.807) is 18.5 Å². The largest absolute Gasteiger partial charge is 0.376 e. The van der Waals surface area contributed by atoms with Crippen LogP contribution in [0.25, 0.3) is 0 Å². The summed E-state index contributed by atoms with van der Waals surface area (Å²) in [5, 5.41) is 0. The number of aromatic nitrogens is 2. The minimum absolute atomic E-state index is 0.144. The molecule has 0 radical (unpaired) electrons. The van der Waals surface area contributed by atoms with Crippen molar-refractivity contribution >= 4 is 16.0 Å². The SMILES string of the molecule is CS(=O)(=O)NC[C@@H]1CO[C@H]2CN(c3ncccn3)C[C@@H]12. The first-order chi connectivity index (χ1) is 9.53. The van der Waals surface area contributed by atoms with E-state index in [4.69, 9.17) is 4.74 Å². The minimum atomic E-state index is -3.15. The zero-order chi connectivity index (χ0) is 14.2. The summed E-state index contributed by atoms with van der Waals surface area (Å²) in [5.74, 6) is 1.25. The molecule has 0 amide bonds. The fourth-order valence-corrected chi connectivity index (χ4v) is 3.40. The summed E-state index contributed by atoms with van der Waals surface area (Å²) in [6.07, 6.45) is 4.77. The Hall–Kier alpha value is -1.25. The highest BCUT2D eigenvalue weighted by atomic mass is 32.2. The van der Waals surface area contributed by atoms with Crippen LogP contribution in [0.5, 0.6) is 0 Å². The van der Waals surface area contributed by atoms with Crippen molar-refractivity contribution in [2.75, 3.05) is 37.4 Å². The van der Waals surface area contributed by atoms with Gasteiger partial charge in [0.2, 0.25) is 16.0 Å². The van der Waals surface area contributed by atoms with E-state index in [9.17, 15) is 8.42 Å². The maximum absolute atomic E-state index is 11.2. The molecule has 2 aliphatic heterocycles. The third-order valence-electron chi connectivity index (χ3n) is 3.88. The van der Waals surface area contributed by atoms with E-state index in [1.807, 2.05) is 0 Å². The summed E-state index contributed by atoms with van der Waals surface area (Å²) in [5.41, 5.74) is 0. The van der Waals surface area contributed by atoms with Gasteiger partial charge in [0.05, 0.1) is 19.0 Å². The Balaban J connectivity index is 1.64. The molecule has 3 rings (SSSR count). The van der Waals surface area contributed by atoms with Crippen LogP contribution in [0.2, 0.25) is 0 Å². The molecular weight excluding hydrogens is 280 g/mol. The van der Waals surface area contributed by atoms with Crippen LogP contribution in [0.1, 0.15) is 0 Å². The van der Waals surface area contributed by atoms with Crippen molar-refractivity contribution in [2.45, 2.75) is 6.10 Å². The molecular formula is C12H18N4O3S. The second-order valence-electron chi connectivity index (χ2n) is 5.37. The first-order valence-corrected chi connectivity index (χ1v) is 8.50. The van der Waals surface area contributed by atoms with Gasteiger partial charge in [-0.05, 0) is 6.07 Å². The predicted molar refractivity (Wildman–Crippen MR) is 73.8 cm³/mol. The summed E-state index contributed by atoms with van der Waals surface area (Å²) in [4.78, 5) is 10.6. The van der Waals surface area contributed by atoms with E-state index in [2.05, 4.69) is 19.6 Å². The predicted octanol–water partition coefficient (Wildman–Crippen LogP) is -0.523. The first-order valence-electron chi connectivity index (χ1n) is 6.61. The van der Waals surface area contributed by atoms with E-state index in [1.165, 1.54) is 6.26 Å². The number of rotatable bonds is 4. The second kappa shape index (κ2) is 5.27. The van der Waals surface area contributed by atoms with Crippen LogP contribution in [-0.4, -0.2) is 57.0 Å². The third kappa shape index (κ3) is 2.92. The van der Waals surface area contributed by atoms with Gasteiger partial charge < -0.3 is 9.64 Å².